The number of ether oxygens (including phenoxy) is 1. The fourth-order valence-corrected chi connectivity index (χ4v) is 3.86. The highest BCUT2D eigenvalue weighted by Crippen LogP contribution is 2.30. The van der Waals surface area contributed by atoms with Gasteiger partial charge in [-0.1, -0.05) is 41.3 Å². The lowest BCUT2D eigenvalue weighted by Crippen LogP contribution is -2.33. The minimum absolute atomic E-state index is 0.0327. The first-order valence-electron chi connectivity index (χ1n) is 7.17. The molecule has 124 valence electrons. The van der Waals surface area contributed by atoms with Crippen molar-refractivity contribution in [1.29, 1.82) is 0 Å². The van der Waals surface area contributed by atoms with Crippen molar-refractivity contribution < 1.29 is 9.53 Å². The molecule has 0 fully saturated rings. The molecule has 0 saturated carbocycles. The van der Waals surface area contributed by atoms with Crippen LogP contribution in [-0.4, -0.2) is 48.7 Å². The van der Waals surface area contributed by atoms with E-state index in [2.05, 4.69) is 15.5 Å². The highest BCUT2D eigenvalue weighted by atomic mass is 32.2. The third-order valence-corrected chi connectivity index (χ3v) is 5.14. The number of carbonyl (C=O) groups excluding carboxylic acids is 1. The number of nitrogens with zero attached hydrogens (tertiary/aromatic N) is 3. The highest BCUT2D eigenvalue weighted by molar-refractivity contribution is 8.02. The number of para-hydroxylation sites is 1. The summed E-state index contributed by atoms with van der Waals surface area (Å²) >= 11 is 2.86. The Labute approximate surface area is 144 Å². The van der Waals surface area contributed by atoms with Crippen LogP contribution in [0.15, 0.2) is 34.7 Å². The van der Waals surface area contributed by atoms with E-state index in [1.807, 2.05) is 37.3 Å². The highest BCUT2D eigenvalue weighted by Gasteiger charge is 2.21. The average molecular weight is 352 g/mol. The van der Waals surface area contributed by atoms with Crippen LogP contribution in [0.2, 0.25) is 0 Å². The fourth-order valence-electron chi connectivity index (χ4n) is 1.84. The van der Waals surface area contributed by atoms with Crippen molar-refractivity contribution in [3.05, 3.63) is 30.3 Å². The summed E-state index contributed by atoms with van der Waals surface area (Å²) in [6.45, 7) is 3.17. The van der Waals surface area contributed by atoms with Crippen molar-refractivity contribution in [3.8, 4) is 0 Å². The van der Waals surface area contributed by atoms with Crippen LogP contribution < -0.4 is 10.2 Å². The van der Waals surface area contributed by atoms with E-state index in [1.165, 1.54) is 23.1 Å². The van der Waals surface area contributed by atoms with Crippen LogP contribution in [0.1, 0.15) is 6.92 Å². The summed E-state index contributed by atoms with van der Waals surface area (Å²) in [5, 5.41) is 11.8. The van der Waals surface area contributed by atoms with E-state index in [-0.39, 0.29) is 11.2 Å². The van der Waals surface area contributed by atoms with Gasteiger partial charge in [0.2, 0.25) is 11.0 Å². The molecule has 0 aliphatic heterocycles. The SMILES string of the molecule is COCCNc1nnc(SC(C)C(=O)N(C)c2ccccc2)s1. The van der Waals surface area contributed by atoms with Crippen LogP contribution in [0.25, 0.3) is 0 Å². The third-order valence-electron chi connectivity index (χ3n) is 3.09. The van der Waals surface area contributed by atoms with Crippen molar-refractivity contribution in [2.75, 3.05) is 37.5 Å². The maximum absolute atomic E-state index is 12.5. The van der Waals surface area contributed by atoms with Crippen LogP contribution in [0.5, 0.6) is 0 Å². The van der Waals surface area contributed by atoms with Gasteiger partial charge >= 0.3 is 0 Å². The summed E-state index contributed by atoms with van der Waals surface area (Å²) in [4.78, 5) is 14.2. The first kappa shape index (κ1) is 17.7. The van der Waals surface area contributed by atoms with Gasteiger partial charge in [-0.15, -0.1) is 10.2 Å². The maximum atomic E-state index is 12.5. The molecule has 1 atom stereocenters. The molecule has 2 aromatic rings. The van der Waals surface area contributed by atoms with Crippen molar-refractivity contribution >= 4 is 39.8 Å². The van der Waals surface area contributed by atoms with Crippen LogP contribution in [0.3, 0.4) is 0 Å². The summed E-state index contributed by atoms with van der Waals surface area (Å²) in [6, 6.07) is 9.59. The lowest BCUT2D eigenvalue weighted by atomic mass is 10.3. The second-order valence-electron chi connectivity index (χ2n) is 4.79. The number of benzene rings is 1. The molecule has 0 saturated heterocycles. The van der Waals surface area contributed by atoms with E-state index in [0.717, 1.165) is 15.2 Å². The van der Waals surface area contributed by atoms with Gasteiger partial charge in [0.05, 0.1) is 11.9 Å². The maximum Gasteiger partial charge on any atom is 0.240 e. The minimum Gasteiger partial charge on any atom is -0.383 e. The van der Waals surface area contributed by atoms with Gasteiger partial charge in [0.25, 0.3) is 0 Å². The molecule has 0 spiro atoms. The summed E-state index contributed by atoms with van der Waals surface area (Å²) in [6.07, 6.45) is 0. The minimum atomic E-state index is -0.236. The zero-order valence-electron chi connectivity index (χ0n) is 13.4. The monoisotopic (exact) mass is 352 g/mol. The topological polar surface area (TPSA) is 67.3 Å². The van der Waals surface area contributed by atoms with Gasteiger partial charge in [0.15, 0.2) is 4.34 Å². The summed E-state index contributed by atoms with van der Waals surface area (Å²) in [7, 11) is 3.44. The lowest BCUT2D eigenvalue weighted by Gasteiger charge is -2.20. The number of methoxy groups -OCH3 is 1. The molecule has 1 aromatic carbocycles. The number of amides is 1. The predicted molar refractivity (Wildman–Crippen MR) is 95.4 cm³/mol. The second-order valence-corrected chi connectivity index (χ2v) is 7.35. The van der Waals surface area contributed by atoms with Gasteiger partial charge in [-0.05, 0) is 19.1 Å². The van der Waals surface area contributed by atoms with E-state index in [1.54, 1.807) is 19.1 Å². The van der Waals surface area contributed by atoms with Gasteiger partial charge < -0.3 is 15.0 Å². The van der Waals surface area contributed by atoms with Crippen LogP contribution in [0.4, 0.5) is 10.8 Å². The standard InChI is InChI=1S/C15H20N4O2S2/c1-11(13(20)19(2)12-7-5-4-6-8-12)22-15-18-17-14(23-15)16-9-10-21-3/h4-8,11H,9-10H2,1-3H3,(H,16,17). The quantitative estimate of drug-likeness (QED) is 0.582. The van der Waals surface area contributed by atoms with Crippen LogP contribution in [-0.2, 0) is 9.53 Å². The second kappa shape index (κ2) is 8.85. The van der Waals surface area contributed by atoms with E-state index in [0.29, 0.717) is 13.2 Å². The molecule has 1 unspecified atom stereocenters. The molecule has 6 nitrogen and oxygen atoms in total. The Balaban J connectivity index is 1.90. The molecular weight excluding hydrogens is 332 g/mol. The first-order chi connectivity index (χ1) is 11.1. The molecular formula is C15H20N4O2S2. The van der Waals surface area contributed by atoms with Crippen molar-refractivity contribution in [2.45, 2.75) is 16.5 Å². The Hall–Kier alpha value is -1.64. The number of carbonyl (C=O) groups is 1. The van der Waals surface area contributed by atoms with Gasteiger partial charge in [0, 0.05) is 26.4 Å². The van der Waals surface area contributed by atoms with E-state index in [4.69, 9.17) is 4.74 Å². The molecule has 23 heavy (non-hydrogen) atoms. The molecule has 0 bridgehead atoms. The van der Waals surface area contributed by atoms with E-state index >= 15 is 0 Å². The first-order valence-corrected chi connectivity index (χ1v) is 8.87. The summed E-state index contributed by atoms with van der Waals surface area (Å²) in [5.41, 5.74) is 0.879. The molecule has 0 aliphatic carbocycles. The normalized spacial score (nSPS) is 12.0. The van der Waals surface area contributed by atoms with Crippen LogP contribution >= 0.6 is 23.1 Å². The Bertz CT molecular complexity index is 621. The number of thioether (sulfide) groups is 1. The van der Waals surface area contributed by atoms with Gasteiger partial charge in [-0.2, -0.15) is 0 Å². The van der Waals surface area contributed by atoms with E-state index < -0.39 is 0 Å². The Morgan fingerprint density at radius 1 is 1.39 bits per heavy atom. The van der Waals surface area contributed by atoms with Crippen molar-refractivity contribution in [3.63, 3.8) is 0 Å². The molecule has 8 heteroatoms. The molecule has 2 rings (SSSR count). The van der Waals surface area contributed by atoms with Gasteiger partial charge in [-0.3, -0.25) is 4.79 Å². The molecule has 0 radical (unpaired) electrons. The largest absolute Gasteiger partial charge is 0.383 e. The number of hydrogen-bond donors (Lipinski definition) is 1. The number of hydrogen-bond acceptors (Lipinski definition) is 7. The Morgan fingerprint density at radius 3 is 2.83 bits per heavy atom. The summed E-state index contributed by atoms with van der Waals surface area (Å²) < 4.78 is 5.74. The third kappa shape index (κ3) is 5.19. The number of anilines is 2. The van der Waals surface area contributed by atoms with Gasteiger partial charge in [-0.25, -0.2) is 0 Å². The summed E-state index contributed by atoms with van der Waals surface area (Å²) in [5.74, 6) is 0.0327. The van der Waals surface area contributed by atoms with Gasteiger partial charge in [0.1, 0.15) is 0 Å². The molecule has 1 heterocycles. The zero-order chi connectivity index (χ0) is 16.7. The molecule has 0 aliphatic rings. The van der Waals surface area contributed by atoms with Crippen molar-refractivity contribution in [1.82, 2.24) is 10.2 Å². The van der Waals surface area contributed by atoms with E-state index in [9.17, 15) is 4.79 Å². The van der Waals surface area contributed by atoms with Crippen LogP contribution in [0, 0.1) is 0 Å². The number of nitrogens with one attached hydrogen (secondary N) is 1. The molecule has 1 N–H and O–H groups in total. The zero-order valence-corrected chi connectivity index (χ0v) is 15.0. The Kier molecular flexibility index (Phi) is 6.82. The predicted octanol–water partition coefficient (Wildman–Crippen LogP) is 2.74. The average Bonchev–Trinajstić information content (AvgIpc) is 3.02. The smallest absolute Gasteiger partial charge is 0.240 e. The molecule has 1 amide bonds. The molecule has 1 aromatic heterocycles. The van der Waals surface area contributed by atoms with Crippen molar-refractivity contribution in [2.24, 2.45) is 0 Å². The lowest BCUT2D eigenvalue weighted by molar-refractivity contribution is -0.117. The Morgan fingerprint density at radius 2 is 2.13 bits per heavy atom. The number of rotatable bonds is 8. The fraction of sp³-hybridized carbons (Fsp3) is 0.400. The number of aromatic nitrogens is 2.